The number of hydrogen-bond donors (Lipinski definition) is 0. The lowest BCUT2D eigenvalue weighted by atomic mass is 10.1. The fraction of sp³-hybridized carbons (Fsp3) is 0.100. The van der Waals surface area contributed by atoms with Crippen molar-refractivity contribution in [1.29, 1.82) is 0 Å². The van der Waals surface area contributed by atoms with Crippen molar-refractivity contribution in [3.8, 4) is 11.3 Å². The zero-order chi connectivity index (χ0) is 17.8. The second-order valence-corrected chi connectivity index (χ2v) is 6.85. The Morgan fingerprint density at radius 2 is 1.84 bits per heavy atom. The molecule has 0 bridgehead atoms. The summed E-state index contributed by atoms with van der Waals surface area (Å²) in [7, 11) is 0. The minimum atomic E-state index is -0.0670. The van der Waals surface area contributed by atoms with Gasteiger partial charge in [0.25, 0.3) is 0 Å². The van der Waals surface area contributed by atoms with Gasteiger partial charge in [-0.25, -0.2) is 0 Å². The van der Waals surface area contributed by atoms with Crippen molar-refractivity contribution in [2.24, 2.45) is 0 Å². The third kappa shape index (κ3) is 4.27. The molecule has 0 N–H and O–H groups in total. The van der Waals surface area contributed by atoms with E-state index in [-0.39, 0.29) is 5.78 Å². The molecule has 1 aromatic heterocycles. The standard InChI is InChI=1S/C20H16BrClN2O/c1-2-24-13-16(20(23-24)15-3-8-17(21)9-4-15)7-12-19(25)14-5-10-18(22)11-6-14/h3-13H,2H2,1H3/b12-7+. The molecular weight excluding hydrogens is 400 g/mol. The Hall–Kier alpha value is -2.17. The lowest BCUT2D eigenvalue weighted by Gasteiger charge is -2.00. The normalized spacial score (nSPS) is 11.2. The lowest BCUT2D eigenvalue weighted by Crippen LogP contribution is -1.93. The number of allylic oxidation sites excluding steroid dienone is 1. The first kappa shape index (κ1) is 17.6. The molecule has 5 heteroatoms. The van der Waals surface area contributed by atoms with Crippen LogP contribution in [0.4, 0.5) is 0 Å². The van der Waals surface area contributed by atoms with Gasteiger partial charge in [0.2, 0.25) is 0 Å². The molecule has 0 saturated heterocycles. The fourth-order valence-corrected chi connectivity index (χ4v) is 2.82. The predicted molar refractivity (Wildman–Crippen MR) is 106 cm³/mol. The van der Waals surface area contributed by atoms with E-state index in [0.29, 0.717) is 10.6 Å². The maximum atomic E-state index is 12.3. The third-order valence-corrected chi connectivity index (χ3v) is 4.56. The van der Waals surface area contributed by atoms with Gasteiger partial charge in [-0.15, -0.1) is 0 Å². The Bertz CT molecular complexity index is 912. The van der Waals surface area contributed by atoms with Crippen molar-refractivity contribution in [1.82, 2.24) is 9.78 Å². The number of benzene rings is 2. The van der Waals surface area contributed by atoms with E-state index in [1.165, 1.54) is 0 Å². The van der Waals surface area contributed by atoms with Crippen LogP contribution in [0.3, 0.4) is 0 Å². The maximum absolute atomic E-state index is 12.3. The van der Waals surface area contributed by atoms with E-state index in [9.17, 15) is 4.79 Å². The summed E-state index contributed by atoms with van der Waals surface area (Å²) < 4.78 is 2.88. The highest BCUT2D eigenvalue weighted by Gasteiger charge is 2.10. The summed E-state index contributed by atoms with van der Waals surface area (Å²) in [4.78, 5) is 12.3. The van der Waals surface area contributed by atoms with Crippen LogP contribution in [0.1, 0.15) is 22.8 Å². The van der Waals surface area contributed by atoms with E-state index in [4.69, 9.17) is 11.6 Å². The number of aromatic nitrogens is 2. The molecule has 0 fully saturated rings. The van der Waals surface area contributed by atoms with E-state index in [1.54, 1.807) is 30.3 Å². The average Bonchev–Trinajstić information content (AvgIpc) is 3.04. The Morgan fingerprint density at radius 3 is 2.48 bits per heavy atom. The summed E-state index contributed by atoms with van der Waals surface area (Å²) >= 11 is 9.31. The molecule has 0 atom stereocenters. The first-order chi connectivity index (χ1) is 12.1. The van der Waals surface area contributed by atoms with Crippen LogP contribution in [0, 0.1) is 0 Å². The molecule has 3 nitrogen and oxygen atoms in total. The quantitative estimate of drug-likeness (QED) is 0.385. The number of halogens is 2. The Morgan fingerprint density at radius 1 is 1.16 bits per heavy atom. The molecule has 126 valence electrons. The van der Waals surface area contributed by atoms with E-state index in [1.807, 2.05) is 48.1 Å². The van der Waals surface area contributed by atoms with Gasteiger partial charge in [0.1, 0.15) is 0 Å². The predicted octanol–water partition coefficient (Wildman–Crippen LogP) is 5.88. The topological polar surface area (TPSA) is 34.9 Å². The van der Waals surface area contributed by atoms with E-state index < -0.39 is 0 Å². The van der Waals surface area contributed by atoms with Crippen molar-refractivity contribution < 1.29 is 4.79 Å². The van der Waals surface area contributed by atoms with Crippen LogP contribution in [-0.4, -0.2) is 15.6 Å². The molecule has 0 aliphatic heterocycles. The fourth-order valence-electron chi connectivity index (χ4n) is 2.43. The van der Waals surface area contributed by atoms with Crippen LogP contribution in [0.25, 0.3) is 17.3 Å². The third-order valence-electron chi connectivity index (χ3n) is 3.77. The largest absolute Gasteiger partial charge is 0.289 e. The number of carbonyl (C=O) groups excluding carboxylic acids is 1. The average molecular weight is 416 g/mol. The molecule has 3 aromatic rings. The van der Waals surface area contributed by atoms with Gasteiger partial charge in [0.05, 0.1) is 5.69 Å². The van der Waals surface area contributed by atoms with E-state index in [0.717, 1.165) is 27.8 Å². The van der Waals surface area contributed by atoms with Crippen LogP contribution in [0.15, 0.2) is 65.3 Å². The Balaban J connectivity index is 1.91. The van der Waals surface area contributed by atoms with Gasteiger partial charge in [-0.3, -0.25) is 9.48 Å². The summed E-state index contributed by atoms with van der Waals surface area (Å²) in [5.41, 5.74) is 3.38. The summed E-state index contributed by atoms with van der Waals surface area (Å²) in [6.07, 6.45) is 5.33. The molecule has 0 aliphatic carbocycles. The number of nitrogens with zero attached hydrogens (tertiary/aromatic N) is 2. The van der Waals surface area contributed by atoms with Gasteiger partial charge in [-0.05, 0) is 55.5 Å². The number of ketones is 1. The molecule has 0 aliphatic rings. The lowest BCUT2D eigenvalue weighted by molar-refractivity contribution is 0.104. The van der Waals surface area contributed by atoms with Crippen molar-refractivity contribution in [2.45, 2.75) is 13.5 Å². The maximum Gasteiger partial charge on any atom is 0.185 e. The number of hydrogen-bond acceptors (Lipinski definition) is 2. The minimum Gasteiger partial charge on any atom is -0.289 e. The minimum absolute atomic E-state index is 0.0670. The second kappa shape index (κ2) is 7.81. The number of aryl methyl sites for hydroxylation is 1. The molecule has 25 heavy (non-hydrogen) atoms. The first-order valence-corrected chi connectivity index (χ1v) is 9.05. The molecule has 3 rings (SSSR count). The monoisotopic (exact) mass is 414 g/mol. The van der Waals surface area contributed by atoms with Crippen LogP contribution < -0.4 is 0 Å². The molecule has 0 unspecified atom stereocenters. The van der Waals surface area contributed by atoms with Gasteiger partial charge in [-0.2, -0.15) is 5.10 Å². The van der Waals surface area contributed by atoms with Crippen LogP contribution in [-0.2, 0) is 6.54 Å². The summed E-state index contributed by atoms with van der Waals surface area (Å²) in [6, 6.07) is 14.8. The Kier molecular flexibility index (Phi) is 5.51. The van der Waals surface area contributed by atoms with Gasteiger partial charge in [0.15, 0.2) is 5.78 Å². The first-order valence-electron chi connectivity index (χ1n) is 7.88. The molecular formula is C20H16BrClN2O. The SMILES string of the molecule is CCn1cc(/C=C/C(=O)c2ccc(Cl)cc2)c(-c2ccc(Br)cc2)n1. The van der Waals surface area contributed by atoms with Gasteiger partial charge >= 0.3 is 0 Å². The van der Waals surface area contributed by atoms with E-state index >= 15 is 0 Å². The summed E-state index contributed by atoms with van der Waals surface area (Å²) in [6.45, 7) is 2.80. The second-order valence-electron chi connectivity index (χ2n) is 5.50. The number of rotatable bonds is 5. The van der Waals surface area contributed by atoms with E-state index in [2.05, 4.69) is 21.0 Å². The van der Waals surface area contributed by atoms with Crippen LogP contribution >= 0.6 is 27.5 Å². The Labute approximate surface area is 160 Å². The van der Waals surface area contributed by atoms with Crippen molar-refractivity contribution in [3.63, 3.8) is 0 Å². The van der Waals surface area contributed by atoms with Crippen molar-refractivity contribution in [3.05, 3.63) is 81.4 Å². The molecule has 0 amide bonds. The van der Waals surface area contributed by atoms with Gasteiger partial charge in [0, 0.05) is 38.9 Å². The van der Waals surface area contributed by atoms with Crippen LogP contribution in [0.5, 0.6) is 0 Å². The van der Waals surface area contributed by atoms with Gasteiger partial charge < -0.3 is 0 Å². The zero-order valence-corrected chi connectivity index (χ0v) is 16.0. The van der Waals surface area contributed by atoms with Crippen molar-refractivity contribution >= 4 is 39.4 Å². The zero-order valence-electron chi connectivity index (χ0n) is 13.6. The molecule has 0 saturated carbocycles. The summed E-state index contributed by atoms with van der Waals surface area (Å²) in [5, 5.41) is 5.23. The smallest absolute Gasteiger partial charge is 0.185 e. The molecule has 2 aromatic carbocycles. The highest BCUT2D eigenvalue weighted by atomic mass is 79.9. The molecule has 0 spiro atoms. The highest BCUT2D eigenvalue weighted by molar-refractivity contribution is 9.10. The number of carbonyl (C=O) groups is 1. The highest BCUT2D eigenvalue weighted by Crippen LogP contribution is 2.25. The summed E-state index contributed by atoms with van der Waals surface area (Å²) in [5.74, 6) is -0.0670. The molecule has 0 radical (unpaired) electrons. The van der Waals surface area contributed by atoms with Crippen molar-refractivity contribution in [2.75, 3.05) is 0 Å². The molecule has 1 heterocycles. The van der Waals surface area contributed by atoms with Gasteiger partial charge in [-0.1, -0.05) is 39.7 Å². The van der Waals surface area contributed by atoms with Crippen LogP contribution in [0.2, 0.25) is 5.02 Å².